The highest BCUT2D eigenvalue weighted by molar-refractivity contribution is 5.91. The molecule has 0 bridgehead atoms. The van der Waals surface area contributed by atoms with E-state index in [1.54, 1.807) is 27.8 Å². The number of unbranched alkanes of at least 4 members (excludes halogenated alkanes) is 1. The largest absolute Gasteiger partial charge is 0.477 e. The summed E-state index contributed by atoms with van der Waals surface area (Å²) in [5.41, 5.74) is 4.08. The first-order valence-electron chi connectivity index (χ1n) is 12.8. The van der Waals surface area contributed by atoms with Gasteiger partial charge < -0.3 is 5.11 Å². The van der Waals surface area contributed by atoms with E-state index in [1.165, 1.54) is 10.8 Å². The van der Waals surface area contributed by atoms with Crippen molar-refractivity contribution < 1.29 is 9.90 Å². The number of hydrogen-bond donors (Lipinski definition) is 2. The number of aryl methyl sites for hydroxylation is 1. The number of hydrogen-bond acceptors (Lipinski definition) is 7. The summed E-state index contributed by atoms with van der Waals surface area (Å²) in [4.78, 5) is 30.2. The van der Waals surface area contributed by atoms with Crippen molar-refractivity contribution in [1.29, 1.82) is 0 Å². The fourth-order valence-corrected chi connectivity index (χ4v) is 4.62. The smallest absolute Gasteiger partial charge is 0.341 e. The van der Waals surface area contributed by atoms with Crippen molar-refractivity contribution in [3.8, 4) is 28.3 Å². The Labute approximate surface area is 224 Å². The first kappa shape index (κ1) is 25.8. The number of aromatic amines is 1. The summed E-state index contributed by atoms with van der Waals surface area (Å²) in [6, 6.07) is 9.59. The lowest BCUT2D eigenvalue weighted by Gasteiger charge is -2.13. The molecule has 0 saturated carbocycles. The number of aromatic nitrogens is 9. The van der Waals surface area contributed by atoms with Crippen molar-refractivity contribution in [3.63, 3.8) is 0 Å². The first-order valence-corrected chi connectivity index (χ1v) is 12.8. The molecule has 4 aromatic heterocycles. The van der Waals surface area contributed by atoms with Gasteiger partial charge in [-0.1, -0.05) is 37.6 Å². The van der Waals surface area contributed by atoms with Gasteiger partial charge in [0.2, 0.25) is 0 Å². The molecule has 0 aliphatic heterocycles. The minimum Gasteiger partial charge on any atom is -0.477 e. The van der Waals surface area contributed by atoms with E-state index >= 15 is 0 Å². The standard InChI is InChI=1S/C27H29N9O3/c1-4-5-6-21-16-35(25-23(26(37)38)14-29-36(25)17(2)3)27(39)34(21)15-20-13-28-12-11-22(20)18-7-9-19(10-8-18)24-30-32-33-31-24/h7-14,16-17H,4-6,15H2,1-3H3,(H,37,38)(H,30,31,32,33). The van der Waals surface area contributed by atoms with Gasteiger partial charge in [-0.25, -0.2) is 19.4 Å². The zero-order valence-corrected chi connectivity index (χ0v) is 21.9. The van der Waals surface area contributed by atoms with Gasteiger partial charge in [-0.15, -0.1) is 5.10 Å². The van der Waals surface area contributed by atoms with Crippen LogP contribution in [0.15, 0.2) is 59.9 Å². The molecule has 0 radical (unpaired) electrons. The molecular weight excluding hydrogens is 498 g/mol. The van der Waals surface area contributed by atoms with E-state index in [4.69, 9.17) is 0 Å². The lowest BCUT2D eigenvalue weighted by Crippen LogP contribution is -2.27. The van der Waals surface area contributed by atoms with Gasteiger partial charge in [-0.3, -0.25) is 14.1 Å². The van der Waals surface area contributed by atoms with Gasteiger partial charge >= 0.3 is 11.7 Å². The Balaban J connectivity index is 1.58. The van der Waals surface area contributed by atoms with Crippen LogP contribution in [0.2, 0.25) is 0 Å². The van der Waals surface area contributed by atoms with Crippen molar-refractivity contribution >= 4 is 5.97 Å². The third kappa shape index (κ3) is 5.00. The molecule has 5 rings (SSSR count). The molecule has 0 unspecified atom stereocenters. The molecular formula is C27H29N9O3. The minimum absolute atomic E-state index is 0.0193. The summed E-state index contributed by atoms with van der Waals surface area (Å²) in [6.07, 6.45) is 9.04. The van der Waals surface area contributed by atoms with Crippen LogP contribution in [-0.2, 0) is 13.0 Å². The van der Waals surface area contributed by atoms with Crippen LogP contribution in [0.25, 0.3) is 28.3 Å². The summed E-state index contributed by atoms with van der Waals surface area (Å²) in [6.45, 7) is 6.16. The Bertz CT molecular complexity index is 1640. The highest BCUT2D eigenvalue weighted by atomic mass is 16.4. The highest BCUT2D eigenvalue weighted by Gasteiger charge is 2.24. The molecule has 0 fully saturated rings. The zero-order chi connectivity index (χ0) is 27.5. The van der Waals surface area contributed by atoms with E-state index in [1.807, 2.05) is 44.2 Å². The van der Waals surface area contributed by atoms with Crippen LogP contribution in [0.1, 0.15) is 61.3 Å². The third-order valence-corrected chi connectivity index (χ3v) is 6.61. The van der Waals surface area contributed by atoms with E-state index in [2.05, 4.69) is 37.6 Å². The van der Waals surface area contributed by atoms with Crippen molar-refractivity contribution in [2.45, 2.75) is 52.6 Å². The normalized spacial score (nSPS) is 11.4. The van der Waals surface area contributed by atoms with E-state index in [9.17, 15) is 14.7 Å². The predicted octanol–water partition coefficient (Wildman–Crippen LogP) is 3.75. The number of benzene rings is 1. The van der Waals surface area contributed by atoms with Gasteiger partial charge in [0.15, 0.2) is 11.6 Å². The number of rotatable bonds is 10. The van der Waals surface area contributed by atoms with E-state index < -0.39 is 5.97 Å². The lowest BCUT2D eigenvalue weighted by atomic mass is 10.00. The van der Waals surface area contributed by atoms with Crippen LogP contribution in [0.5, 0.6) is 0 Å². The van der Waals surface area contributed by atoms with Crippen LogP contribution in [0.4, 0.5) is 0 Å². The number of pyridine rings is 1. The maximum absolute atomic E-state index is 13.9. The number of nitrogens with zero attached hydrogens (tertiary/aromatic N) is 8. The second kappa shape index (κ2) is 10.9. The number of aromatic carboxylic acids is 1. The predicted molar refractivity (Wildman–Crippen MR) is 144 cm³/mol. The van der Waals surface area contributed by atoms with Crippen LogP contribution >= 0.6 is 0 Å². The molecule has 200 valence electrons. The molecule has 12 heteroatoms. The molecule has 2 N–H and O–H groups in total. The quantitative estimate of drug-likeness (QED) is 0.279. The molecule has 12 nitrogen and oxygen atoms in total. The highest BCUT2D eigenvalue weighted by Crippen LogP contribution is 2.27. The van der Waals surface area contributed by atoms with Crippen LogP contribution in [0.3, 0.4) is 0 Å². The molecule has 5 aromatic rings. The van der Waals surface area contributed by atoms with Crippen LogP contribution in [-0.4, -0.2) is 55.6 Å². The Morgan fingerprint density at radius 1 is 1.10 bits per heavy atom. The Morgan fingerprint density at radius 2 is 1.87 bits per heavy atom. The molecule has 39 heavy (non-hydrogen) atoms. The summed E-state index contributed by atoms with van der Waals surface area (Å²) in [5, 5.41) is 28.0. The first-order chi connectivity index (χ1) is 18.9. The van der Waals surface area contributed by atoms with E-state index in [-0.39, 0.29) is 29.7 Å². The zero-order valence-electron chi connectivity index (χ0n) is 21.9. The number of carbonyl (C=O) groups is 1. The monoisotopic (exact) mass is 527 g/mol. The van der Waals surface area contributed by atoms with Gasteiger partial charge in [0.05, 0.1) is 12.7 Å². The average Bonchev–Trinajstić information content (AvgIpc) is 3.68. The van der Waals surface area contributed by atoms with Crippen LogP contribution < -0.4 is 5.69 Å². The number of nitrogens with one attached hydrogen (secondary N) is 1. The van der Waals surface area contributed by atoms with Gasteiger partial charge in [0.25, 0.3) is 0 Å². The third-order valence-electron chi connectivity index (χ3n) is 6.61. The number of H-pyrrole nitrogens is 1. The topological polar surface area (TPSA) is 149 Å². The van der Waals surface area contributed by atoms with E-state index in [0.29, 0.717) is 12.2 Å². The molecule has 0 aliphatic carbocycles. The van der Waals surface area contributed by atoms with Crippen LogP contribution in [0, 0.1) is 0 Å². The molecule has 1 aromatic carbocycles. The minimum atomic E-state index is -1.13. The number of imidazole rings is 1. The van der Waals surface area contributed by atoms with Crippen molar-refractivity contribution in [2.75, 3.05) is 0 Å². The molecule has 0 amide bonds. The summed E-state index contributed by atoms with van der Waals surface area (Å²) >= 11 is 0. The number of tetrazole rings is 1. The Kier molecular flexibility index (Phi) is 7.17. The van der Waals surface area contributed by atoms with Gasteiger partial charge in [-0.2, -0.15) is 5.10 Å². The fourth-order valence-electron chi connectivity index (χ4n) is 4.62. The molecule has 4 heterocycles. The molecule has 0 spiro atoms. The van der Waals surface area contributed by atoms with Crippen molar-refractivity contribution in [2.24, 2.45) is 0 Å². The molecule has 0 saturated heterocycles. The summed E-state index contributed by atoms with van der Waals surface area (Å²) < 4.78 is 4.69. The SMILES string of the molecule is CCCCc1cn(-c2c(C(=O)O)cnn2C(C)C)c(=O)n1Cc1cnccc1-c1ccc(-c2nnn[nH]2)cc1. The average molecular weight is 528 g/mol. The van der Waals surface area contributed by atoms with E-state index in [0.717, 1.165) is 40.8 Å². The Morgan fingerprint density at radius 3 is 2.54 bits per heavy atom. The van der Waals surface area contributed by atoms with Crippen molar-refractivity contribution in [3.05, 3.63) is 82.4 Å². The van der Waals surface area contributed by atoms with Crippen molar-refractivity contribution in [1.82, 2.24) is 44.5 Å². The second-order valence-corrected chi connectivity index (χ2v) is 9.55. The van der Waals surface area contributed by atoms with Gasteiger partial charge in [-0.05, 0) is 59.9 Å². The maximum Gasteiger partial charge on any atom is 0.341 e. The fraction of sp³-hybridized carbons (Fsp3) is 0.296. The second-order valence-electron chi connectivity index (χ2n) is 9.55. The summed E-state index contributed by atoms with van der Waals surface area (Å²) in [7, 11) is 0. The number of carboxylic acids is 1. The number of carboxylic acid groups (broad SMARTS) is 1. The molecule has 0 aliphatic rings. The van der Waals surface area contributed by atoms with Gasteiger partial charge in [0, 0.05) is 35.9 Å². The summed E-state index contributed by atoms with van der Waals surface area (Å²) in [5.74, 6) is -0.306. The van der Waals surface area contributed by atoms with Gasteiger partial charge in [0.1, 0.15) is 5.56 Å². The maximum atomic E-state index is 13.9. The molecule has 0 atom stereocenters. The lowest BCUT2D eigenvalue weighted by molar-refractivity contribution is 0.0696. The Hall–Kier alpha value is -4.87.